The molecular formula is C16H21N5OS2. The van der Waals surface area contributed by atoms with Crippen molar-refractivity contribution in [3.8, 4) is 0 Å². The Kier molecular flexibility index (Phi) is 6.14. The minimum absolute atomic E-state index is 0.0251. The Morgan fingerprint density at radius 1 is 1.33 bits per heavy atom. The Morgan fingerprint density at radius 3 is 2.88 bits per heavy atom. The van der Waals surface area contributed by atoms with Gasteiger partial charge >= 0.3 is 0 Å². The van der Waals surface area contributed by atoms with Crippen LogP contribution in [0.25, 0.3) is 0 Å². The van der Waals surface area contributed by atoms with Gasteiger partial charge in [0.25, 0.3) is 0 Å². The van der Waals surface area contributed by atoms with Crippen molar-refractivity contribution in [2.75, 3.05) is 11.1 Å². The van der Waals surface area contributed by atoms with Crippen molar-refractivity contribution >= 4 is 35.1 Å². The van der Waals surface area contributed by atoms with Gasteiger partial charge in [0.15, 0.2) is 0 Å². The van der Waals surface area contributed by atoms with Crippen LogP contribution in [0.2, 0.25) is 0 Å². The van der Waals surface area contributed by atoms with Crippen LogP contribution in [-0.2, 0) is 11.8 Å². The number of rotatable bonds is 7. The Hall–Kier alpha value is -1.54. The standard InChI is InChI=1S/C16H21N5OS2/c1-21-16(18-19-20-21)23-11-10-15(22)17-13-8-4-5-9-14(13)24-12-6-2-3-7-12/h4-5,8-9,12H,2-3,6-7,10-11H2,1H3,(H,17,22). The zero-order chi connectivity index (χ0) is 16.8. The largest absolute Gasteiger partial charge is 0.325 e. The predicted octanol–water partition coefficient (Wildman–Crippen LogP) is 3.37. The lowest BCUT2D eigenvalue weighted by Crippen LogP contribution is -2.13. The molecule has 0 aliphatic heterocycles. The second-order valence-corrected chi connectivity index (χ2v) is 8.16. The van der Waals surface area contributed by atoms with E-state index in [9.17, 15) is 4.79 Å². The van der Waals surface area contributed by atoms with Crippen LogP contribution in [0.4, 0.5) is 5.69 Å². The first-order valence-corrected chi connectivity index (χ1v) is 9.99. The van der Waals surface area contributed by atoms with E-state index in [1.807, 2.05) is 30.0 Å². The molecule has 1 aliphatic rings. The Labute approximate surface area is 150 Å². The van der Waals surface area contributed by atoms with Crippen molar-refractivity contribution in [1.29, 1.82) is 0 Å². The summed E-state index contributed by atoms with van der Waals surface area (Å²) >= 11 is 3.38. The van der Waals surface area contributed by atoms with E-state index in [0.717, 1.165) is 10.8 Å². The molecule has 1 N–H and O–H groups in total. The molecule has 6 nitrogen and oxygen atoms in total. The molecule has 24 heavy (non-hydrogen) atoms. The van der Waals surface area contributed by atoms with E-state index in [1.165, 1.54) is 42.3 Å². The molecule has 1 saturated carbocycles. The van der Waals surface area contributed by atoms with Crippen molar-refractivity contribution < 1.29 is 4.79 Å². The summed E-state index contributed by atoms with van der Waals surface area (Å²) in [5.41, 5.74) is 0.921. The molecule has 1 amide bonds. The minimum Gasteiger partial charge on any atom is -0.325 e. The van der Waals surface area contributed by atoms with E-state index < -0.39 is 0 Å². The van der Waals surface area contributed by atoms with Gasteiger partial charge in [-0.05, 0) is 35.4 Å². The number of hydrogen-bond donors (Lipinski definition) is 1. The number of para-hydroxylation sites is 1. The lowest BCUT2D eigenvalue weighted by atomic mass is 10.3. The average Bonchev–Trinajstić information content (AvgIpc) is 3.22. The highest BCUT2D eigenvalue weighted by molar-refractivity contribution is 8.00. The first-order valence-electron chi connectivity index (χ1n) is 8.13. The van der Waals surface area contributed by atoms with Crippen LogP contribution in [0.1, 0.15) is 32.1 Å². The molecule has 0 bridgehead atoms. The number of carbonyl (C=O) groups excluding carboxylic acids is 1. The summed E-state index contributed by atoms with van der Waals surface area (Å²) in [6.07, 6.45) is 5.62. The third-order valence-corrected chi connectivity index (χ3v) is 6.33. The van der Waals surface area contributed by atoms with Gasteiger partial charge in [-0.15, -0.1) is 16.9 Å². The molecule has 0 saturated heterocycles. The van der Waals surface area contributed by atoms with Gasteiger partial charge < -0.3 is 5.32 Å². The third-order valence-electron chi connectivity index (χ3n) is 3.90. The fourth-order valence-electron chi connectivity index (χ4n) is 2.65. The third kappa shape index (κ3) is 4.73. The second-order valence-electron chi connectivity index (χ2n) is 5.75. The van der Waals surface area contributed by atoms with Crippen LogP contribution in [0.15, 0.2) is 34.3 Å². The first-order chi connectivity index (χ1) is 11.7. The lowest BCUT2D eigenvalue weighted by molar-refractivity contribution is -0.115. The molecular weight excluding hydrogens is 342 g/mol. The number of aromatic nitrogens is 4. The van der Waals surface area contributed by atoms with Gasteiger partial charge in [0.1, 0.15) is 0 Å². The number of nitrogens with zero attached hydrogens (tertiary/aromatic N) is 4. The second kappa shape index (κ2) is 8.53. The maximum Gasteiger partial charge on any atom is 0.225 e. The molecule has 0 atom stereocenters. The number of aryl methyl sites for hydroxylation is 1. The molecule has 1 aromatic heterocycles. The van der Waals surface area contributed by atoms with Gasteiger partial charge in [0, 0.05) is 29.4 Å². The zero-order valence-corrected chi connectivity index (χ0v) is 15.3. The normalized spacial score (nSPS) is 14.9. The lowest BCUT2D eigenvalue weighted by Gasteiger charge is -2.14. The summed E-state index contributed by atoms with van der Waals surface area (Å²) in [6.45, 7) is 0. The highest BCUT2D eigenvalue weighted by atomic mass is 32.2. The van der Waals surface area contributed by atoms with Gasteiger partial charge in [-0.25, -0.2) is 4.68 Å². The van der Waals surface area contributed by atoms with Gasteiger partial charge in [-0.2, -0.15) is 0 Å². The Balaban J connectivity index is 1.51. The van der Waals surface area contributed by atoms with Crippen molar-refractivity contribution in [1.82, 2.24) is 20.2 Å². The SMILES string of the molecule is Cn1nnnc1SCCC(=O)Nc1ccccc1SC1CCCC1. The summed E-state index contributed by atoms with van der Waals surface area (Å²) in [5.74, 6) is 0.676. The maximum atomic E-state index is 12.2. The monoisotopic (exact) mass is 363 g/mol. The Morgan fingerprint density at radius 2 is 2.12 bits per heavy atom. The molecule has 8 heteroatoms. The number of nitrogens with one attached hydrogen (secondary N) is 1. The van der Waals surface area contributed by atoms with Gasteiger partial charge in [-0.3, -0.25) is 4.79 Å². The number of carbonyl (C=O) groups is 1. The molecule has 1 aliphatic carbocycles. The fourth-order valence-corrected chi connectivity index (χ4v) is 4.77. The van der Waals surface area contributed by atoms with E-state index >= 15 is 0 Å². The summed E-state index contributed by atoms with van der Waals surface area (Å²) < 4.78 is 1.61. The minimum atomic E-state index is 0.0251. The van der Waals surface area contributed by atoms with Crippen LogP contribution in [0.3, 0.4) is 0 Å². The van der Waals surface area contributed by atoms with Gasteiger partial charge in [0.05, 0.1) is 5.69 Å². The van der Waals surface area contributed by atoms with E-state index in [1.54, 1.807) is 11.7 Å². The number of thioether (sulfide) groups is 2. The molecule has 2 aromatic rings. The summed E-state index contributed by atoms with van der Waals surface area (Å²) in [4.78, 5) is 13.4. The van der Waals surface area contributed by atoms with Crippen LogP contribution in [0.5, 0.6) is 0 Å². The zero-order valence-electron chi connectivity index (χ0n) is 13.6. The summed E-state index contributed by atoms with van der Waals surface area (Å²) in [5, 5.41) is 15.7. The van der Waals surface area contributed by atoms with E-state index in [2.05, 4.69) is 26.9 Å². The van der Waals surface area contributed by atoms with Gasteiger partial charge in [0.2, 0.25) is 11.1 Å². The van der Waals surface area contributed by atoms with Crippen LogP contribution in [0, 0.1) is 0 Å². The van der Waals surface area contributed by atoms with Crippen molar-refractivity contribution in [2.24, 2.45) is 7.05 Å². The van der Waals surface area contributed by atoms with Crippen LogP contribution < -0.4 is 5.32 Å². The molecule has 128 valence electrons. The van der Waals surface area contributed by atoms with E-state index in [4.69, 9.17) is 0 Å². The smallest absolute Gasteiger partial charge is 0.225 e. The van der Waals surface area contributed by atoms with Crippen molar-refractivity contribution in [3.63, 3.8) is 0 Å². The van der Waals surface area contributed by atoms with E-state index in [-0.39, 0.29) is 5.91 Å². The first kappa shape index (κ1) is 17.3. The molecule has 3 rings (SSSR count). The maximum absolute atomic E-state index is 12.2. The topological polar surface area (TPSA) is 72.7 Å². The van der Waals surface area contributed by atoms with Crippen molar-refractivity contribution in [3.05, 3.63) is 24.3 Å². The van der Waals surface area contributed by atoms with Gasteiger partial charge in [-0.1, -0.05) is 36.7 Å². The summed E-state index contributed by atoms with van der Waals surface area (Å²) in [7, 11) is 1.79. The number of anilines is 1. The number of hydrogen-bond acceptors (Lipinski definition) is 6. The number of tetrazole rings is 1. The highest BCUT2D eigenvalue weighted by Gasteiger charge is 2.18. The van der Waals surface area contributed by atoms with Crippen LogP contribution in [-0.4, -0.2) is 37.1 Å². The molecule has 1 fully saturated rings. The average molecular weight is 364 g/mol. The fraction of sp³-hybridized carbons (Fsp3) is 0.500. The molecule has 1 aromatic carbocycles. The predicted molar refractivity (Wildman–Crippen MR) is 97.3 cm³/mol. The number of benzene rings is 1. The molecule has 0 unspecified atom stereocenters. The van der Waals surface area contributed by atoms with Crippen LogP contribution >= 0.6 is 23.5 Å². The highest BCUT2D eigenvalue weighted by Crippen LogP contribution is 2.38. The quantitative estimate of drug-likeness (QED) is 0.761. The van der Waals surface area contributed by atoms with Crippen molar-refractivity contribution in [2.45, 2.75) is 47.4 Å². The summed E-state index contributed by atoms with van der Waals surface area (Å²) in [6, 6.07) is 8.08. The molecule has 1 heterocycles. The molecule has 0 radical (unpaired) electrons. The molecule has 0 spiro atoms. The number of amides is 1. The Bertz CT molecular complexity index is 685. The van der Waals surface area contributed by atoms with E-state index in [0.29, 0.717) is 17.4 Å².